The van der Waals surface area contributed by atoms with Crippen LogP contribution in [0.2, 0.25) is 0 Å². The lowest BCUT2D eigenvalue weighted by Gasteiger charge is -2.20. The van der Waals surface area contributed by atoms with Crippen LogP contribution < -0.4 is 4.74 Å². The van der Waals surface area contributed by atoms with Gasteiger partial charge in [-0.2, -0.15) is 9.78 Å². The van der Waals surface area contributed by atoms with E-state index in [4.69, 9.17) is 9.84 Å². The first kappa shape index (κ1) is 21.8. The average molecular weight is 497 g/mol. The van der Waals surface area contributed by atoms with Gasteiger partial charge >= 0.3 is 0 Å². The van der Waals surface area contributed by atoms with Crippen LogP contribution in [0.1, 0.15) is 27.8 Å². The maximum absolute atomic E-state index is 13.3. The van der Waals surface area contributed by atoms with Crippen LogP contribution in [0.25, 0.3) is 5.69 Å². The van der Waals surface area contributed by atoms with Gasteiger partial charge < -0.3 is 4.74 Å². The summed E-state index contributed by atoms with van der Waals surface area (Å²) in [5.74, 6) is 0.733. The van der Waals surface area contributed by atoms with Crippen molar-refractivity contribution in [2.24, 2.45) is 5.10 Å². The van der Waals surface area contributed by atoms with Gasteiger partial charge in [-0.15, -0.1) is 27.8 Å². The number of carbonyl (C=O) groups is 1. The molecule has 33 heavy (non-hydrogen) atoms. The molecule has 0 bridgehead atoms. The number of hydrogen-bond acceptors (Lipinski definition) is 9. The molecule has 1 amide bonds. The number of aryl methyl sites for hydroxylation is 1. The first-order valence-electron chi connectivity index (χ1n) is 10.2. The zero-order valence-electron chi connectivity index (χ0n) is 17.9. The molecule has 0 spiro atoms. The standard InChI is InChI=1S/C22H20N6O2S3/c1-14-7-8-18(30-2)16(11-14)28-22(23-25-26-28)33-13-21(29)27-17(20-6-4-10-32-20)12-15(24-27)19-5-3-9-31-19/h3-11,17H,12-13H2,1-2H3. The average Bonchev–Trinajstić information content (AvgIpc) is 3.63. The van der Waals surface area contributed by atoms with Gasteiger partial charge in [0.15, 0.2) is 0 Å². The van der Waals surface area contributed by atoms with Crippen molar-refractivity contribution < 1.29 is 9.53 Å². The van der Waals surface area contributed by atoms with Crippen molar-refractivity contribution in [1.82, 2.24) is 25.2 Å². The van der Waals surface area contributed by atoms with Crippen LogP contribution in [0.5, 0.6) is 5.75 Å². The Morgan fingerprint density at radius 1 is 1.21 bits per heavy atom. The Labute approximate surface area is 202 Å². The topological polar surface area (TPSA) is 85.5 Å². The van der Waals surface area contributed by atoms with E-state index in [1.54, 1.807) is 39.5 Å². The first-order chi connectivity index (χ1) is 16.1. The normalized spacial score (nSPS) is 15.6. The fourth-order valence-electron chi connectivity index (χ4n) is 3.61. The lowest BCUT2D eigenvalue weighted by Crippen LogP contribution is -2.28. The zero-order chi connectivity index (χ0) is 22.8. The molecular weight excluding hydrogens is 476 g/mol. The smallest absolute Gasteiger partial charge is 0.253 e. The minimum absolute atomic E-state index is 0.0873. The molecule has 168 valence electrons. The number of tetrazole rings is 1. The molecule has 4 heterocycles. The second kappa shape index (κ2) is 9.46. The third-order valence-corrected chi connectivity index (χ3v) is 7.97. The van der Waals surface area contributed by atoms with E-state index in [-0.39, 0.29) is 17.7 Å². The van der Waals surface area contributed by atoms with E-state index in [0.717, 1.165) is 26.7 Å². The summed E-state index contributed by atoms with van der Waals surface area (Å²) in [6, 6.07) is 13.8. The molecule has 0 saturated heterocycles. The summed E-state index contributed by atoms with van der Waals surface area (Å²) in [5.41, 5.74) is 2.73. The highest BCUT2D eigenvalue weighted by molar-refractivity contribution is 7.99. The molecule has 1 unspecified atom stereocenters. The lowest BCUT2D eigenvalue weighted by atomic mass is 10.1. The Kier molecular flexibility index (Phi) is 6.25. The number of aromatic nitrogens is 4. The number of hydrazone groups is 1. The summed E-state index contributed by atoms with van der Waals surface area (Å²) in [5, 5.41) is 23.0. The number of thioether (sulfide) groups is 1. The summed E-state index contributed by atoms with van der Waals surface area (Å²) in [6.07, 6.45) is 0.704. The largest absolute Gasteiger partial charge is 0.494 e. The van der Waals surface area contributed by atoms with E-state index in [0.29, 0.717) is 17.3 Å². The highest BCUT2D eigenvalue weighted by atomic mass is 32.2. The van der Waals surface area contributed by atoms with Gasteiger partial charge in [0.25, 0.3) is 5.91 Å². The molecule has 5 rings (SSSR count). The number of carbonyl (C=O) groups excluding carboxylic acids is 1. The highest BCUT2D eigenvalue weighted by Crippen LogP contribution is 2.36. The quantitative estimate of drug-likeness (QED) is 0.348. The van der Waals surface area contributed by atoms with Crippen LogP contribution in [0.4, 0.5) is 0 Å². The number of rotatable bonds is 7. The Balaban J connectivity index is 1.37. The second-order valence-electron chi connectivity index (χ2n) is 7.33. The van der Waals surface area contributed by atoms with Crippen molar-refractivity contribution in [3.8, 4) is 11.4 Å². The number of hydrogen-bond donors (Lipinski definition) is 0. The summed E-state index contributed by atoms with van der Waals surface area (Å²) >= 11 is 4.56. The van der Waals surface area contributed by atoms with Gasteiger partial charge in [-0.25, -0.2) is 5.01 Å². The third-order valence-electron chi connectivity index (χ3n) is 5.17. The fourth-order valence-corrected chi connectivity index (χ4v) is 5.88. The van der Waals surface area contributed by atoms with E-state index in [2.05, 4.69) is 21.6 Å². The van der Waals surface area contributed by atoms with Crippen molar-refractivity contribution in [2.75, 3.05) is 12.9 Å². The van der Waals surface area contributed by atoms with Crippen molar-refractivity contribution in [1.29, 1.82) is 0 Å². The van der Waals surface area contributed by atoms with Crippen LogP contribution in [0.15, 0.2) is 63.5 Å². The van der Waals surface area contributed by atoms with Crippen molar-refractivity contribution in [3.63, 3.8) is 0 Å². The van der Waals surface area contributed by atoms with Crippen molar-refractivity contribution in [3.05, 3.63) is 68.5 Å². The lowest BCUT2D eigenvalue weighted by molar-refractivity contribution is -0.130. The molecule has 0 saturated carbocycles. The van der Waals surface area contributed by atoms with Crippen LogP contribution in [-0.2, 0) is 4.79 Å². The van der Waals surface area contributed by atoms with Crippen LogP contribution in [0, 0.1) is 6.92 Å². The molecule has 1 aromatic carbocycles. The molecule has 0 fully saturated rings. The van der Waals surface area contributed by atoms with E-state index in [1.807, 2.05) is 54.1 Å². The van der Waals surface area contributed by atoms with Gasteiger partial charge in [-0.1, -0.05) is 30.0 Å². The Hall–Kier alpha value is -3.02. The number of benzene rings is 1. The minimum atomic E-state index is -0.0944. The van der Waals surface area contributed by atoms with E-state index < -0.39 is 0 Å². The molecule has 8 nitrogen and oxygen atoms in total. The molecule has 4 aromatic rings. The van der Waals surface area contributed by atoms with E-state index >= 15 is 0 Å². The Bertz CT molecular complexity index is 1280. The van der Waals surface area contributed by atoms with Gasteiger partial charge in [0, 0.05) is 11.3 Å². The maximum atomic E-state index is 13.3. The first-order valence-corrected chi connectivity index (χ1v) is 12.9. The summed E-state index contributed by atoms with van der Waals surface area (Å²) in [6.45, 7) is 1.99. The molecule has 3 aromatic heterocycles. The zero-order valence-corrected chi connectivity index (χ0v) is 20.4. The van der Waals surface area contributed by atoms with Crippen molar-refractivity contribution in [2.45, 2.75) is 24.5 Å². The van der Waals surface area contributed by atoms with E-state index in [1.165, 1.54) is 11.8 Å². The summed E-state index contributed by atoms with van der Waals surface area (Å²) in [7, 11) is 1.61. The molecule has 11 heteroatoms. The molecule has 1 aliphatic heterocycles. The van der Waals surface area contributed by atoms with Crippen molar-refractivity contribution >= 4 is 46.1 Å². The fraction of sp³-hybridized carbons (Fsp3) is 0.227. The van der Waals surface area contributed by atoms with Crippen LogP contribution in [-0.4, -0.2) is 49.7 Å². The summed E-state index contributed by atoms with van der Waals surface area (Å²) in [4.78, 5) is 15.5. The molecular formula is C22H20N6O2S3. The molecule has 0 N–H and O–H groups in total. The monoisotopic (exact) mass is 496 g/mol. The van der Waals surface area contributed by atoms with Gasteiger partial charge in [0.1, 0.15) is 11.4 Å². The number of amides is 1. The number of methoxy groups -OCH3 is 1. The van der Waals surface area contributed by atoms with Gasteiger partial charge in [0.2, 0.25) is 5.16 Å². The number of thiophene rings is 2. The SMILES string of the molecule is COc1ccc(C)cc1-n1nnnc1SCC(=O)N1N=C(c2cccs2)CC1c1cccs1. The Morgan fingerprint density at radius 3 is 2.82 bits per heavy atom. The molecule has 1 atom stereocenters. The van der Waals surface area contributed by atoms with E-state index in [9.17, 15) is 4.79 Å². The maximum Gasteiger partial charge on any atom is 0.253 e. The van der Waals surface area contributed by atoms with Gasteiger partial charge in [-0.3, -0.25) is 4.79 Å². The molecule has 0 radical (unpaired) electrons. The summed E-state index contributed by atoms with van der Waals surface area (Å²) < 4.78 is 7.07. The number of ether oxygens (including phenoxy) is 1. The highest BCUT2D eigenvalue weighted by Gasteiger charge is 2.34. The van der Waals surface area contributed by atoms with Gasteiger partial charge in [0.05, 0.1) is 29.5 Å². The second-order valence-corrected chi connectivity index (χ2v) is 10.2. The molecule has 0 aliphatic carbocycles. The molecule has 1 aliphatic rings. The van der Waals surface area contributed by atoms with Crippen LogP contribution in [0.3, 0.4) is 0 Å². The van der Waals surface area contributed by atoms with Crippen LogP contribution >= 0.6 is 34.4 Å². The third kappa shape index (κ3) is 4.43. The van der Waals surface area contributed by atoms with Gasteiger partial charge in [-0.05, 0) is 57.9 Å². The predicted molar refractivity (Wildman–Crippen MR) is 131 cm³/mol. The number of nitrogens with zero attached hydrogens (tertiary/aromatic N) is 6. The minimum Gasteiger partial charge on any atom is -0.494 e. The Morgan fingerprint density at radius 2 is 2.06 bits per heavy atom. The predicted octanol–water partition coefficient (Wildman–Crippen LogP) is 4.57.